The predicted octanol–water partition coefficient (Wildman–Crippen LogP) is 3.00. The summed E-state index contributed by atoms with van der Waals surface area (Å²) >= 11 is 0. The van der Waals surface area contributed by atoms with E-state index in [2.05, 4.69) is 15.5 Å². The Morgan fingerprint density at radius 2 is 1.60 bits per heavy atom. The van der Waals surface area contributed by atoms with Crippen molar-refractivity contribution in [1.29, 1.82) is 0 Å². The molecule has 0 radical (unpaired) electrons. The molecule has 2 aromatic carbocycles. The Bertz CT molecular complexity index is 833. The molecule has 1 atom stereocenters. The lowest BCUT2D eigenvalue weighted by Crippen LogP contribution is -2.32. The molecule has 2 aromatic rings. The molecule has 1 aliphatic rings. The van der Waals surface area contributed by atoms with Crippen molar-refractivity contribution in [3.63, 3.8) is 0 Å². The summed E-state index contributed by atoms with van der Waals surface area (Å²) in [4.78, 5) is 35.8. The summed E-state index contributed by atoms with van der Waals surface area (Å²) in [5.74, 6) is -1.75. The van der Waals surface area contributed by atoms with Gasteiger partial charge in [-0.1, -0.05) is 18.2 Å². The average Bonchev–Trinajstić information content (AvgIpc) is 2.87. The maximum Gasteiger partial charge on any atom is 0.329 e. The Balaban J connectivity index is 1.74. The van der Waals surface area contributed by atoms with Gasteiger partial charge in [0.1, 0.15) is 6.04 Å². The third-order valence-electron chi connectivity index (χ3n) is 3.54. The molecule has 3 rings (SSSR count). The normalized spacial score (nSPS) is 17.1. The highest BCUT2D eigenvalue weighted by Crippen LogP contribution is 2.25. The number of imide groups is 1. The quantitative estimate of drug-likeness (QED) is 0.644. The summed E-state index contributed by atoms with van der Waals surface area (Å²) in [6, 6.07) is 13.9. The van der Waals surface area contributed by atoms with Crippen molar-refractivity contribution in [2.24, 2.45) is 10.2 Å². The Kier molecular flexibility index (Phi) is 4.51. The van der Waals surface area contributed by atoms with Gasteiger partial charge in [-0.15, -0.1) is 0 Å². The second kappa shape index (κ2) is 6.91. The van der Waals surface area contributed by atoms with E-state index in [0.29, 0.717) is 17.1 Å². The van der Waals surface area contributed by atoms with E-state index in [9.17, 15) is 14.4 Å². The molecule has 8 nitrogen and oxygen atoms in total. The number of benzene rings is 2. The van der Waals surface area contributed by atoms with Gasteiger partial charge < -0.3 is 10.4 Å². The lowest BCUT2D eigenvalue weighted by atomic mass is 10.2. The minimum absolute atomic E-state index is 0.342. The van der Waals surface area contributed by atoms with Gasteiger partial charge >= 0.3 is 12.0 Å². The number of amides is 3. The predicted molar refractivity (Wildman–Crippen MR) is 89.1 cm³/mol. The Hall–Kier alpha value is -3.55. The third-order valence-corrected chi connectivity index (χ3v) is 3.54. The SMILES string of the molecule is O=C(O)CC1NC(=O)N(c2ccc(N=Nc3ccccc3)cc2)C1=O. The Morgan fingerprint density at radius 3 is 2.20 bits per heavy atom. The molecule has 1 unspecified atom stereocenters. The van der Waals surface area contributed by atoms with Gasteiger partial charge in [-0.25, -0.2) is 9.69 Å². The number of hydrogen-bond acceptors (Lipinski definition) is 5. The van der Waals surface area contributed by atoms with E-state index in [-0.39, 0.29) is 0 Å². The number of nitrogens with zero attached hydrogens (tertiary/aromatic N) is 3. The van der Waals surface area contributed by atoms with Gasteiger partial charge in [-0.05, 0) is 36.4 Å². The number of rotatable bonds is 5. The minimum atomic E-state index is -1.16. The fourth-order valence-electron chi connectivity index (χ4n) is 2.37. The standard InChI is InChI=1S/C17H14N4O4/c22-15(23)10-14-16(24)21(17(25)18-14)13-8-6-12(7-9-13)20-19-11-4-2-1-3-5-11/h1-9,14H,10H2,(H,18,25)(H,22,23). The molecule has 0 aromatic heterocycles. The lowest BCUT2D eigenvalue weighted by Gasteiger charge is -2.12. The zero-order chi connectivity index (χ0) is 17.8. The van der Waals surface area contributed by atoms with E-state index in [4.69, 9.17) is 5.11 Å². The fourth-order valence-corrected chi connectivity index (χ4v) is 2.37. The molecule has 1 aliphatic heterocycles. The van der Waals surface area contributed by atoms with Crippen LogP contribution in [0.5, 0.6) is 0 Å². The molecule has 1 fully saturated rings. The third kappa shape index (κ3) is 3.69. The van der Waals surface area contributed by atoms with Crippen molar-refractivity contribution >= 4 is 35.0 Å². The lowest BCUT2D eigenvalue weighted by molar-refractivity contribution is -0.139. The summed E-state index contributed by atoms with van der Waals surface area (Å²) in [6.45, 7) is 0. The first-order chi connectivity index (χ1) is 12.0. The second-order valence-corrected chi connectivity index (χ2v) is 5.33. The molecule has 1 heterocycles. The fraction of sp³-hybridized carbons (Fsp3) is 0.118. The summed E-state index contributed by atoms with van der Waals surface area (Å²) in [5.41, 5.74) is 1.60. The van der Waals surface area contributed by atoms with E-state index >= 15 is 0 Å². The van der Waals surface area contributed by atoms with E-state index < -0.39 is 30.4 Å². The van der Waals surface area contributed by atoms with Crippen molar-refractivity contribution in [3.05, 3.63) is 54.6 Å². The summed E-state index contributed by atoms with van der Waals surface area (Å²) < 4.78 is 0. The highest BCUT2D eigenvalue weighted by Gasteiger charge is 2.39. The maximum atomic E-state index is 12.2. The van der Waals surface area contributed by atoms with Crippen LogP contribution in [-0.4, -0.2) is 29.1 Å². The number of azo groups is 1. The maximum absolute atomic E-state index is 12.2. The minimum Gasteiger partial charge on any atom is -0.481 e. The molecule has 126 valence electrons. The zero-order valence-corrected chi connectivity index (χ0v) is 13.0. The van der Waals surface area contributed by atoms with Gasteiger partial charge in [-0.2, -0.15) is 10.2 Å². The molecule has 3 amide bonds. The van der Waals surface area contributed by atoms with Crippen LogP contribution < -0.4 is 10.2 Å². The summed E-state index contributed by atoms with van der Waals surface area (Å²) in [7, 11) is 0. The molecule has 0 bridgehead atoms. The van der Waals surface area contributed by atoms with E-state index in [1.54, 1.807) is 24.3 Å². The summed E-state index contributed by atoms with van der Waals surface area (Å²) in [5, 5.41) is 19.3. The van der Waals surface area contributed by atoms with Gasteiger partial charge in [0.2, 0.25) is 0 Å². The molecule has 2 N–H and O–H groups in total. The van der Waals surface area contributed by atoms with Crippen LogP contribution in [0.2, 0.25) is 0 Å². The monoisotopic (exact) mass is 338 g/mol. The first kappa shape index (κ1) is 16.3. The molecule has 0 saturated carbocycles. The van der Waals surface area contributed by atoms with Gasteiger partial charge in [-0.3, -0.25) is 9.59 Å². The van der Waals surface area contributed by atoms with Crippen LogP contribution in [0.15, 0.2) is 64.8 Å². The van der Waals surface area contributed by atoms with Gasteiger partial charge in [0, 0.05) is 0 Å². The highest BCUT2D eigenvalue weighted by atomic mass is 16.4. The number of carboxylic acids is 1. The molecular weight excluding hydrogens is 324 g/mol. The van der Waals surface area contributed by atoms with Crippen LogP contribution in [0.3, 0.4) is 0 Å². The van der Waals surface area contributed by atoms with Gasteiger partial charge in [0.15, 0.2) is 0 Å². The van der Waals surface area contributed by atoms with Crippen LogP contribution in [0.25, 0.3) is 0 Å². The number of urea groups is 1. The van der Waals surface area contributed by atoms with Gasteiger partial charge in [0.05, 0.1) is 23.5 Å². The molecule has 0 spiro atoms. The first-order valence-electron chi connectivity index (χ1n) is 7.48. The first-order valence-corrected chi connectivity index (χ1v) is 7.48. The number of carbonyl (C=O) groups is 3. The number of hydrogen-bond donors (Lipinski definition) is 2. The van der Waals surface area contributed by atoms with Crippen molar-refractivity contribution in [1.82, 2.24) is 5.32 Å². The number of nitrogens with one attached hydrogen (secondary N) is 1. The van der Waals surface area contributed by atoms with Crippen LogP contribution in [0, 0.1) is 0 Å². The second-order valence-electron chi connectivity index (χ2n) is 5.33. The van der Waals surface area contributed by atoms with E-state index in [0.717, 1.165) is 4.90 Å². The Morgan fingerprint density at radius 1 is 1.00 bits per heavy atom. The summed E-state index contributed by atoms with van der Waals surface area (Å²) in [6.07, 6.45) is -0.454. The van der Waals surface area contributed by atoms with Crippen molar-refractivity contribution < 1.29 is 19.5 Å². The molecule has 0 aliphatic carbocycles. The highest BCUT2D eigenvalue weighted by molar-refractivity contribution is 6.21. The molecule has 8 heteroatoms. The number of anilines is 1. The molecule has 25 heavy (non-hydrogen) atoms. The van der Waals surface area contributed by atoms with Crippen LogP contribution in [-0.2, 0) is 9.59 Å². The number of carbonyl (C=O) groups excluding carboxylic acids is 2. The number of aliphatic carboxylic acids is 1. The van der Waals surface area contributed by atoms with Crippen LogP contribution in [0.4, 0.5) is 21.9 Å². The zero-order valence-electron chi connectivity index (χ0n) is 13.0. The van der Waals surface area contributed by atoms with Crippen molar-refractivity contribution in [2.45, 2.75) is 12.5 Å². The van der Waals surface area contributed by atoms with Gasteiger partial charge in [0.25, 0.3) is 5.91 Å². The number of carboxylic acid groups (broad SMARTS) is 1. The van der Waals surface area contributed by atoms with Crippen molar-refractivity contribution in [3.8, 4) is 0 Å². The van der Waals surface area contributed by atoms with Crippen LogP contribution in [0.1, 0.15) is 6.42 Å². The van der Waals surface area contributed by atoms with E-state index in [1.807, 2.05) is 30.3 Å². The smallest absolute Gasteiger partial charge is 0.329 e. The van der Waals surface area contributed by atoms with E-state index in [1.165, 1.54) is 0 Å². The molecular formula is C17H14N4O4. The topological polar surface area (TPSA) is 111 Å². The molecule has 1 saturated heterocycles. The Labute approximate surface area is 142 Å². The van der Waals surface area contributed by atoms with Crippen molar-refractivity contribution in [2.75, 3.05) is 4.90 Å². The largest absolute Gasteiger partial charge is 0.481 e. The average molecular weight is 338 g/mol. The van der Waals surface area contributed by atoms with Crippen LogP contribution >= 0.6 is 0 Å².